The van der Waals surface area contributed by atoms with E-state index >= 15 is 0 Å². The number of hydrogen-bond acceptors (Lipinski definition) is 4. The van der Waals surface area contributed by atoms with Gasteiger partial charge in [-0.3, -0.25) is 9.78 Å². The van der Waals surface area contributed by atoms with Crippen molar-refractivity contribution in [3.8, 4) is 11.3 Å². The molecule has 3 heterocycles. The summed E-state index contributed by atoms with van der Waals surface area (Å²) in [6.45, 7) is 1.63. The molecule has 1 aliphatic heterocycles. The number of nitrogens with zero attached hydrogens (tertiary/aromatic N) is 5. The van der Waals surface area contributed by atoms with Gasteiger partial charge in [-0.15, -0.1) is 5.10 Å². The highest BCUT2D eigenvalue weighted by Gasteiger charge is 2.29. The van der Waals surface area contributed by atoms with Crippen molar-refractivity contribution in [2.24, 2.45) is 0 Å². The number of carbonyl (C=O) groups is 1. The highest BCUT2D eigenvalue weighted by molar-refractivity contribution is 5.83. The lowest BCUT2D eigenvalue weighted by Crippen LogP contribution is -2.41. The number of rotatable bonds is 4. The van der Waals surface area contributed by atoms with Crippen molar-refractivity contribution >= 4 is 5.91 Å². The monoisotopic (exact) mass is 347 g/mol. The maximum atomic E-state index is 13.3. The molecule has 2 aromatic heterocycles. The largest absolute Gasteiger partial charge is 0.341 e. The molecule has 0 radical (unpaired) electrons. The Bertz CT molecular complexity index is 856. The van der Waals surface area contributed by atoms with Crippen LogP contribution in [0.15, 0.2) is 61.1 Å². The average Bonchev–Trinajstić information content (AvgIpc) is 3.20. The highest BCUT2D eigenvalue weighted by atomic mass is 16.2. The Morgan fingerprint density at radius 2 is 1.69 bits per heavy atom. The SMILES string of the molecule is O=C(C(c1ccccc1)n1cc(-c2ccncc2)nn1)N1CCCCC1. The van der Waals surface area contributed by atoms with Crippen LogP contribution in [0.25, 0.3) is 11.3 Å². The Kier molecular flexibility index (Phi) is 4.73. The Morgan fingerprint density at radius 3 is 2.42 bits per heavy atom. The molecule has 1 aliphatic rings. The number of piperidine rings is 1. The molecule has 1 saturated heterocycles. The minimum absolute atomic E-state index is 0.0853. The Hall–Kier alpha value is -3.02. The molecule has 1 aromatic carbocycles. The Labute approximate surface area is 152 Å². The fraction of sp³-hybridized carbons (Fsp3) is 0.300. The second-order valence-corrected chi connectivity index (χ2v) is 6.52. The van der Waals surface area contributed by atoms with E-state index in [1.807, 2.05) is 53.6 Å². The second-order valence-electron chi connectivity index (χ2n) is 6.52. The van der Waals surface area contributed by atoms with E-state index in [0.29, 0.717) is 0 Å². The lowest BCUT2D eigenvalue weighted by molar-refractivity contribution is -0.134. The van der Waals surface area contributed by atoms with Gasteiger partial charge in [0.15, 0.2) is 6.04 Å². The molecule has 0 spiro atoms. The zero-order chi connectivity index (χ0) is 17.8. The predicted octanol–water partition coefficient (Wildman–Crippen LogP) is 2.94. The van der Waals surface area contributed by atoms with Crippen LogP contribution in [-0.2, 0) is 4.79 Å². The number of hydrogen-bond donors (Lipinski definition) is 0. The van der Waals surface area contributed by atoms with Gasteiger partial charge >= 0.3 is 0 Å². The summed E-state index contributed by atoms with van der Waals surface area (Å²) in [7, 11) is 0. The van der Waals surface area contributed by atoms with E-state index in [1.54, 1.807) is 17.1 Å². The lowest BCUT2D eigenvalue weighted by atomic mass is 10.0. The molecule has 1 atom stereocenters. The number of likely N-dealkylation sites (tertiary alicyclic amines) is 1. The standard InChI is InChI=1S/C20H21N5O/c26-20(24-13-5-2-6-14-24)19(17-7-3-1-4-8-17)25-15-18(22-23-25)16-9-11-21-12-10-16/h1,3-4,7-12,15,19H,2,5-6,13-14H2. The molecule has 132 valence electrons. The van der Waals surface area contributed by atoms with Crippen LogP contribution >= 0.6 is 0 Å². The molecule has 6 nitrogen and oxygen atoms in total. The molecule has 4 rings (SSSR count). The Morgan fingerprint density at radius 1 is 0.962 bits per heavy atom. The molecular formula is C20H21N5O. The molecule has 1 amide bonds. The number of carbonyl (C=O) groups excluding carboxylic acids is 1. The van der Waals surface area contributed by atoms with Gasteiger partial charge in [0, 0.05) is 31.0 Å². The number of aromatic nitrogens is 4. The van der Waals surface area contributed by atoms with Crippen LogP contribution < -0.4 is 0 Å². The van der Waals surface area contributed by atoms with E-state index in [2.05, 4.69) is 15.3 Å². The van der Waals surface area contributed by atoms with Crippen molar-refractivity contribution in [3.05, 3.63) is 66.6 Å². The highest BCUT2D eigenvalue weighted by Crippen LogP contribution is 2.24. The number of amides is 1. The van der Waals surface area contributed by atoms with E-state index < -0.39 is 6.04 Å². The Balaban J connectivity index is 1.69. The number of pyridine rings is 1. The van der Waals surface area contributed by atoms with Gasteiger partial charge in [0.2, 0.25) is 0 Å². The summed E-state index contributed by atoms with van der Waals surface area (Å²) in [5.41, 5.74) is 2.59. The van der Waals surface area contributed by atoms with Crippen molar-refractivity contribution in [2.45, 2.75) is 25.3 Å². The first-order valence-corrected chi connectivity index (χ1v) is 8.99. The zero-order valence-corrected chi connectivity index (χ0v) is 14.5. The number of benzene rings is 1. The van der Waals surface area contributed by atoms with E-state index in [4.69, 9.17) is 0 Å². The lowest BCUT2D eigenvalue weighted by Gasteiger charge is -2.30. The zero-order valence-electron chi connectivity index (χ0n) is 14.5. The minimum atomic E-state index is -0.489. The average molecular weight is 347 g/mol. The summed E-state index contributed by atoms with van der Waals surface area (Å²) in [4.78, 5) is 19.3. The van der Waals surface area contributed by atoms with Gasteiger partial charge in [0.05, 0.1) is 6.20 Å². The van der Waals surface area contributed by atoms with Crippen molar-refractivity contribution in [1.82, 2.24) is 24.9 Å². The van der Waals surface area contributed by atoms with E-state index in [1.165, 1.54) is 6.42 Å². The third kappa shape index (κ3) is 3.35. The molecule has 0 N–H and O–H groups in total. The maximum absolute atomic E-state index is 13.3. The van der Waals surface area contributed by atoms with Gasteiger partial charge in [-0.25, -0.2) is 4.68 Å². The quantitative estimate of drug-likeness (QED) is 0.728. The molecule has 6 heteroatoms. The first kappa shape index (κ1) is 16.4. The normalized spacial score (nSPS) is 15.6. The van der Waals surface area contributed by atoms with E-state index in [0.717, 1.165) is 42.8 Å². The summed E-state index contributed by atoms with van der Waals surface area (Å²) >= 11 is 0. The molecule has 1 fully saturated rings. The predicted molar refractivity (Wildman–Crippen MR) is 98.3 cm³/mol. The van der Waals surface area contributed by atoms with Gasteiger partial charge in [0.25, 0.3) is 5.91 Å². The molecule has 0 aliphatic carbocycles. The maximum Gasteiger partial charge on any atom is 0.252 e. The molecule has 0 saturated carbocycles. The smallest absolute Gasteiger partial charge is 0.252 e. The fourth-order valence-corrected chi connectivity index (χ4v) is 3.39. The topological polar surface area (TPSA) is 63.9 Å². The summed E-state index contributed by atoms with van der Waals surface area (Å²) in [5, 5.41) is 8.56. The third-order valence-corrected chi connectivity index (χ3v) is 4.77. The summed E-state index contributed by atoms with van der Waals surface area (Å²) in [6, 6.07) is 13.1. The van der Waals surface area contributed by atoms with Crippen molar-refractivity contribution < 1.29 is 4.79 Å². The van der Waals surface area contributed by atoms with Crippen molar-refractivity contribution in [3.63, 3.8) is 0 Å². The van der Waals surface area contributed by atoms with Crippen LogP contribution in [0.5, 0.6) is 0 Å². The van der Waals surface area contributed by atoms with Crippen LogP contribution in [0.2, 0.25) is 0 Å². The first-order valence-electron chi connectivity index (χ1n) is 8.99. The first-order chi connectivity index (χ1) is 12.8. The molecule has 26 heavy (non-hydrogen) atoms. The summed E-state index contributed by atoms with van der Waals surface area (Å²) in [5.74, 6) is 0.0853. The van der Waals surface area contributed by atoms with Crippen molar-refractivity contribution in [1.29, 1.82) is 0 Å². The van der Waals surface area contributed by atoms with E-state index in [9.17, 15) is 4.79 Å². The summed E-state index contributed by atoms with van der Waals surface area (Å²) in [6.07, 6.45) is 8.60. The van der Waals surface area contributed by atoms with Crippen LogP contribution in [0.1, 0.15) is 30.9 Å². The third-order valence-electron chi connectivity index (χ3n) is 4.77. The van der Waals surface area contributed by atoms with Crippen LogP contribution in [0.4, 0.5) is 0 Å². The fourth-order valence-electron chi connectivity index (χ4n) is 3.39. The van der Waals surface area contributed by atoms with Gasteiger partial charge in [-0.2, -0.15) is 0 Å². The van der Waals surface area contributed by atoms with Gasteiger partial charge in [-0.1, -0.05) is 35.5 Å². The van der Waals surface area contributed by atoms with Gasteiger partial charge < -0.3 is 4.90 Å². The minimum Gasteiger partial charge on any atom is -0.341 e. The second kappa shape index (κ2) is 7.47. The van der Waals surface area contributed by atoms with Crippen molar-refractivity contribution in [2.75, 3.05) is 13.1 Å². The van der Waals surface area contributed by atoms with Crippen LogP contribution in [0, 0.1) is 0 Å². The van der Waals surface area contributed by atoms with Crippen LogP contribution in [-0.4, -0.2) is 43.9 Å². The molecular weight excluding hydrogens is 326 g/mol. The molecule has 3 aromatic rings. The van der Waals surface area contributed by atoms with E-state index in [-0.39, 0.29) is 5.91 Å². The van der Waals surface area contributed by atoms with Gasteiger partial charge in [-0.05, 0) is 37.0 Å². The summed E-state index contributed by atoms with van der Waals surface area (Å²) < 4.78 is 1.68. The van der Waals surface area contributed by atoms with Gasteiger partial charge in [0.1, 0.15) is 5.69 Å². The van der Waals surface area contributed by atoms with Crippen LogP contribution in [0.3, 0.4) is 0 Å². The molecule has 1 unspecified atom stereocenters. The molecule has 0 bridgehead atoms.